The van der Waals surface area contributed by atoms with Gasteiger partial charge in [-0.3, -0.25) is 14.4 Å². The van der Waals surface area contributed by atoms with Gasteiger partial charge in [0.2, 0.25) is 17.7 Å². The van der Waals surface area contributed by atoms with E-state index in [2.05, 4.69) is 51.0 Å². The van der Waals surface area contributed by atoms with E-state index in [-0.39, 0.29) is 23.6 Å². The van der Waals surface area contributed by atoms with Crippen molar-refractivity contribution in [1.29, 1.82) is 0 Å². The molecule has 3 amide bonds. The van der Waals surface area contributed by atoms with Crippen LogP contribution in [0.2, 0.25) is 0 Å². The summed E-state index contributed by atoms with van der Waals surface area (Å²) in [6, 6.07) is 15.5. The van der Waals surface area contributed by atoms with E-state index in [9.17, 15) is 14.4 Å². The minimum Gasteiger partial charge on any atom is -0.344 e. The molecule has 2 aromatic carbocycles. The number of nitrogens with one attached hydrogen (secondary N) is 3. The largest absolute Gasteiger partial charge is 0.344 e. The Bertz CT molecular complexity index is 1470. The molecule has 0 unspecified atom stereocenters. The van der Waals surface area contributed by atoms with E-state index in [0.29, 0.717) is 12.8 Å². The lowest BCUT2D eigenvalue weighted by Gasteiger charge is -2.33. The van der Waals surface area contributed by atoms with Crippen LogP contribution in [0, 0.1) is 5.92 Å². The Labute approximate surface area is 236 Å². The summed E-state index contributed by atoms with van der Waals surface area (Å²) < 4.78 is 2.32. The van der Waals surface area contributed by atoms with Gasteiger partial charge in [0, 0.05) is 42.1 Å². The van der Waals surface area contributed by atoms with Gasteiger partial charge in [-0.1, -0.05) is 36.4 Å². The first-order chi connectivity index (χ1) is 18.9. The average Bonchev–Trinajstić information content (AvgIpc) is 3.56. The second-order valence-electron chi connectivity index (χ2n) is 10.2. The lowest BCUT2D eigenvalue weighted by atomic mass is 9.96. The maximum atomic E-state index is 14.1. The summed E-state index contributed by atoms with van der Waals surface area (Å²) in [5, 5.41) is 15.8. The quantitative estimate of drug-likeness (QED) is 0.265. The molecular weight excluding hydrogens is 528 g/mol. The number of piperidine rings is 1. The minimum absolute atomic E-state index is 0.0808. The van der Waals surface area contributed by atoms with Crippen molar-refractivity contribution in [2.45, 2.75) is 44.8 Å². The molecule has 4 aromatic rings. The topological polar surface area (TPSA) is 90.5 Å². The van der Waals surface area contributed by atoms with Gasteiger partial charge in [-0.15, -0.1) is 22.7 Å². The highest BCUT2D eigenvalue weighted by Crippen LogP contribution is 2.29. The Kier molecular flexibility index (Phi) is 8.60. The van der Waals surface area contributed by atoms with E-state index in [1.54, 1.807) is 34.6 Å². The highest BCUT2D eigenvalue weighted by molar-refractivity contribution is 7.17. The third-order valence-corrected chi connectivity index (χ3v) is 9.49. The zero-order chi connectivity index (χ0) is 27.4. The Balaban J connectivity index is 1.41. The molecule has 0 radical (unpaired) electrons. The third kappa shape index (κ3) is 6.32. The average molecular weight is 563 g/mol. The van der Waals surface area contributed by atoms with Crippen molar-refractivity contribution in [2.24, 2.45) is 5.92 Å². The van der Waals surface area contributed by atoms with E-state index < -0.39 is 12.2 Å². The van der Waals surface area contributed by atoms with E-state index >= 15 is 0 Å². The molecule has 5 rings (SSSR count). The van der Waals surface area contributed by atoms with Gasteiger partial charge in [-0.25, -0.2) is 0 Å². The van der Waals surface area contributed by atoms with Crippen molar-refractivity contribution in [3.63, 3.8) is 0 Å². The van der Waals surface area contributed by atoms with Crippen LogP contribution in [0.4, 0.5) is 0 Å². The van der Waals surface area contributed by atoms with Crippen LogP contribution in [-0.2, 0) is 27.2 Å². The van der Waals surface area contributed by atoms with Crippen molar-refractivity contribution in [3.05, 3.63) is 70.4 Å². The number of fused-ring (bicyclic) bond motifs is 2. The van der Waals surface area contributed by atoms with Crippen LogP contribution < -0.4 is 16.0 Å². The Morgan fingerprint density at radius 3 is 2.05 bits per heavy atom. The van der Waals surface area contributed by atoms with Crippen molar-refractivity contribution < 1.29 is 14.4 Å². The first kappa shape index (κ1) is 27.3. The van der Waals surface area contributed by atoms with E-state index in [1.165, 1.54) is 11.6 Å². The Hall–Kier alpha value is -3.27. The number of rotatable bonds is 9. The number of benzene rings is 2. The molecule has 1 aliphatic heterocycles. The number of thiophene rings is 2. The maximum absolute atomic E-state index is 14.1. The molecule has 1 fully saturated rings. The summed E-state index contributed by atoms with van der Waals surface area (Å²) in [4.78, 5) is 41.2. The third-order valence-electron chi connectivity index (χ3n) is 7.47. The molecule has 1 aliphatic rings. The number of likely N-dealkylation sites (N-methyl/N-ethyl adjacent to an activating group) is 1. The molecule has 9 heteroatoms. The van der Waals surface area contributed by atoms with Crippen LogP contribution in [-0.4, -0.2) is 55.0 Å². The van der Waals surface area contributed by atoms with Crippen LogP contribution in [0.5, 0.6) is 0 Å². The maximum Gasteiger partial charge on any atom is 0.246 e. The SMILES string of the molecule is CC(=O)N[C@@H](Cc1csc2ccccc12)N(C)C(=O)[C@@H](Cc1csc2ccccc12)NC(=O)C1CCNCC1. The first-order valence-corrected chi connectivity index (χ1v) is 15.1. The van der Waals surface area contributed by atoms with Gasteiger partial charge in [0.25, 0.3) is 0 Å². The van der Waals surface area contributed by atoms with Gasteiger partial charge in [0.05, 0.1) is 0 Å². The van der Waals surface area contributed by atoms with Gasteiger partial charge in [-0.05, 0) is 70.7 Å². The molecular formula is C30H34N4O3S2. The molecule has 2 atom stereocenters. The lowest BCUT2D eigenvalue weighted by Crippen LogP contribution is -2.57. The molecule has 1 saturated heterocycles. The standard InChI is InChI=1S/C30H34N4O3S2/c1-19(35)32-28(16-22-18-39-27-10-6-4-8-24(22)27)34(2)30(37)25(33-29(36)20-11-13-31-14-12-20)15-21-17-38-26-9-5-3-7-23(21)26/h3-10,17-18,20,25,28,31H,11-16H2,1-2H3,(H,32,35)(H,33,36)/t25-,28-/m1/s1. The van der Waals surface area contributed by atoms with Crippen molar-refractivity contribution >= 4 is 60.6 Å². The summed E-state index contributed by atoms with van der Waals surface area (Å²) >= 11 is 3.29. The van der Waals surface area contributed by atoms with Crippen LogP contribution in [0.25, 0.3) is 20.2 Å². The molecule has 0 bridgehead atoms. The van der Waals surface area contributed by atoms with E-state index in [1.807, 2.05) is 24.3 Å². The predicted octanol–water partition coefficient (Wildman–Crippen LogP) is 4.31. The number of amides is 3. The minimum atomic E-state index is -0.745. The Morgan fingerprint density at radius 2 is 1.46 bits per heavy atom. The second kappa shape index (κ2) is 12.3. The molecule has 7 nitrogen and oxygen atoms in total. The summed E-state index contributed by atoms with van der Waals surface area (Å²) in [6.07, 6.45) is 1.82. The van der Waals surface area contributed by atoms with Crippen molar-refractivity contribution in [3.8, 4) is 0 Å². The van der Waals surface area contributed by atoms with Crippen LogP contribution >= 0.6 is 22.7 Å². The smallest absolute Gasteiger partial charge is 0.246 e. The molecule has 204 valence electrons. The normalized spacial score (nSPS) is 15.6. The highest BCUT2D eigenvalue weighted by atomic mass is 32.1. The van der Waals surface area contributed by atoms with Gasteiger partial charge in [0.15, 0.2) is 0 Å². The number of hydrogen-bond donors (Lipinski definition) is 3. The monoisotopic (exact) mass is 562 g/mol. The molecule has 0 aliphatic carbocycles. The molecule has 0 saturated carbocycles. The summed E-state index contributed by atoms with van der Waals surface area (Å²) in [6.45, 7) is 3.06. The van der Waals surface area contributed by atoms with Crippen molar-refractivity contribution in [1.82, 2.24) is 20.9 Å². The summed E-state index contributed by atoms with van der Waals surface area (Å²) in [5.74, 6) is -0.624. The number of carbonyl (C=O) groups excluding carboxylic acids is 3. The fourth-order valence-electron chi connectivity index (χ4n) is 5.30. The lowest BCUT2D eigenvalue weighted by molar-refractivity contribution is -0.139. The molecule has 3 N–H and O–H groups in total. The van der Waals surface area contributed by atoms with Crippen LogP contribution in [0.3, 0.4) is 0 Å². The Morgan fingerprint density at radius 1 is 0.897 bits per heavy atom. The molecule has 39 heavy (non-hydrogen) atoms. The fourth-order valence-corrected chi connectivity index (χ4v) is 7.25. The molecule has 3 heterocycles. The van der Waals surface area contributed by atoms with Gasteiger partial charge in [-0.2, -0.15) is 0 Å². The predicted molar refractivity (Wildman–Crippen MR) is 159 cm³/mol. The first-order valence-electron chi connectivity index (χ1n) is 13.4. The second-order valence-corrected chi connectivity index (χ2v) is 12.0. The van der Waals surface area contributed by atoms with Crippen LogP contribution in [0.15, 0.2) is 59.3 Å². The number of hydrogen-bond acceptors (Lipinski definition) is 6. The van der Waals surface area contributed by atoms with Gasteiger partial charge in [0.1, 0.15) is 12.2 Å². The van der Waals surface area contributed by atoms with E-state index in [4.69, 9.17) is 0 Å². The fraction of sp³-hybridized carbons (Fsp3) is 0.367. The zero-order valence-electron chi connectivity index (χ0n) is 22.2. The molecule has 2 aromatic heterocycles. The van der Waals surface area contributed by atoms with Gasteiger partial charge < -0.3 is 20.9 Å². The van der Waals surface area contributed by atoms with Crippen molar-refractivity contribution in [2.75, 3.05) is 20.1 Å². The van der Waals surface area contributed by atoms with Crippen LogP contribution in [0.1, 0.15) is 30.9 Å². The summed E-state index contributed by atoms with van der Waals surface area (Å²) in [5.41, 5.74) is 2.11. The highest BCUT2D eigenvalue weighted by Gasteiger charge is 2.32. The van der Waals surface area contributed by atoms with Gasteiger partial charge >= 0.3 is 0 Å². The van der Waals surface area contributed by atoms with E-state index in [0.717, 1.165) is 52.5 Å². The zero-order valence-corrected chi connectivity index (χ0v) is 23.9. The number of carbonyl (C=O) groups is 3. The molecule has 0 spiro atoms. The summed E-state index contributed by atoms with van der Waals surface area (Å²) in [7, 11) is 1.72. The number of nitrogens with zero attached hydrogens (tertiary/aromatic N) is 1.